The second kappa shape index (κ2) is 4.88. The molecule has 90 valence electrons. The number of carbonyl (C=O) groups excluding carboxylic acids is 1. The second-order valence-corrected chi connectivity index (χ2v) is 6.98. The number of nitrogens with one attached hydrogen (secondary N) is 1. The van der Waals surface area contributed by atoms with Gasteiger partial charge in [0.05, 0.1) is 5.25 Å². The van der Waals surface area contributed by atoms with Crippen LogP contribution in [0.2, 0.25) is 0 Å². The Kier molecular flexibility index (Phi) is 3.98. The highest BCUT2D eigenvalue weighted by atomic mass is 32.2. The van der Waals surface area contributed by atoms with E-state index in [0.717, 1.165) is 11.3 Å². The summed E-state index contributed by atoms with van der Waals surface area (Å²) >= 11 is 0.794. The molecule has 0 aliphatic carbocycles. The summed E-state index contributed by atoms with van der Waals surface area (Å²) in [5.41, 5.74) is 0. The van der Waals surface area contributed by atoms with Crippen LogP contribution in [0, 0.1) is 0 Å². The van der Waals surface area contributed by atoms with Crippen molar-refractivity contribution >= 4 is 27.1 Å². The molecule has 8 heteroatoms. The lowest BCUT2D eigenvalue weighted by atomic mass is 10.6. The van der Waals surface area contributed by atoms with Gasteiger partial charge in [-0.25, -0.2) is 8.42 Å². The predicted molar refractivity (Wildman–Crippen MR) is 60.2 cm³/mol. The topological polar surface area (TPSA) is 89.0 Å². The fraction of sp³-hybridized carbons (Fsp3) is 0.625. The first-order valence-electron chi connectivity index (χ1n) is 4.75. The average Bonchev–Trinajstić information content (AvgIpc) is 2.67. The van der Waals surface area contributed by atoms with E-state index >= 15 is 0 Å². The number of sulfone groups is 1. The summed E-state index contributed by atoms with van der Waals surface area (Å²) in [6.45, 7) is 5.35. The second-order valence-electron chi connectivity index (χ2n) is 3.33. The Bertz CT molecular complexity index is 478. The molecule has 0 aromatic carbocycles. The zero-order valence-corrected chi connectivity index (χ0v) is 10.9. The molecule has 6 nitrogen and oxygen atoms in total. The van der Waals surface area contributed by atoms with Gasteiger partial charge in [-0.15, -0.1) is 10.2 Å². The highest BCUT2D eigenvalue weighted by Gasteiger charge is 2.25. The van der Waals surface area contributed by atoms with Crippen molar-refractivity contribution in [3.05, 3.63) is 5.01 Å². The van der Waals surface area contributed by atoms with Gasteiger partial charge in [-0.2, -0.15) is 0 Å². The number of nitrogens with zero attached hydrogens (tertiary/aromatic N) is 2. The minimum Gasteiger partial charge on any atom is -0.350 e. The molecule has 1 aromatic heterocycles. The molecule has 1 rings (SSSR count). The van der Waals surface area contributed by atoms with Crippen LogP contribution >= 0.6 is 11.3 Å². The predicted octanol–water partition coefficient (Wildman–Crippen LogP) is 0.470. The smallest absolute Gasteiger partial charge is 0.282 e. The first-order chi connectivity index (χ1) is 7.39. The van der Waals surface area contributed by atoms with Gasteiger partial charge < -0.3 is 5.32 Å². The van der Waals surface area contributed by atoms with Crippen LogP contribution in [0.1, 0.15) is 30.6 Å². The summed E-state index contributed by atoms with van der Waals surface area (Å²) in [5.74, 6) is -0.398. The Hall–Kier alpha value is -1.02. The van der Waals surface area contributed by atoms with Crippen LogP contribution in [0.4, 0.5) is 0 Å². The van der Waals surface area contributed by atoms with Crippen molar-refractivity contribution in [1.29, 1.82) is 0 Å². The van der Waals surface area contributed by atoms with Crippen molar-refractivity contribution in [2.24, 2.45) is 0 Å². The van der Waals surface area contributed by atoms with E-state index in [9.17, 15) is 13.2 Å². The Labute approximate surface area is 98.0 Å². The Balaban J connectivity index is 3.00. The molecule has 0 atom stereocenters. The number of hydrogen-bond donors (Lipinski definition) is 1. The third-order valence-electron chi connectivity index (χ3n) is 1.80. The Morgan fingerprint density at radius 3 is 2.56 bits per heavy atom. The van der Waals surface area contributed by atoms with Gasteiger partial charge in [-0.1, -0.05) is 11.3 Å². The first-order valence-corrected chi connectivity index (χ1v) is 7.11. The lowest BCUT2D eigenvalue weighted by Crippen LogP contribution is -2.22. The summed E-state index contributed by atoms with van der Waals surface area (Å²) < 4.78 is 23.3. The van der Waals surface area contributed by atoms with Crippen molar-refractivity contribution in [3.63, 3.8) is 0 Å². The van der Waals surface area contributed by atoms with Gasteiger partial charge in [0.25, 0.3) is 5.91 Å². The minimum absolute atomic E-state index is 0.0704. The molecule has 0 unspecified atom stereocenters. The molecule has 16 heavy (non-hydrogen) atoms. The molecule has 0 saturated heterocycles. The molecule has 0 bridgehead atoms. The van der Waals surface area contributed by atoms with Crippen LogP contribution in [0.15, 0.2) is 4.34 Å². The van der Waals surface area contributed by atoms with Gasteiger partial charge in [-0.3, -0.25) is 4.79 Å². The van der Waals surface area contributed by atoms with E-state index < -0.39 is 21.0 Å². The number of carbonyl (C=O) groups is 1. The highest BCUT2D eigenvalue weighted by molar-refractivity contribution is 7.93. The molecule has 1 N–H and O–H groups in total. The first kappa shape index (κ1) is 13.0. The van der Waals surface area contributed by atoms with Crippen molar-refractivity contribution in [2.75, 3.05) is 6.54 Å². The maximum atomic E-state index is 11.7. The van der Waals surface area contributed by atoms with E-state index in [1.807, 2.05) is 0 Å². The van der Waals surface area contributed by atoms with Crippen LogP contribution in [-0.2, 0) is 9.84 Å². The van der Waals surface area contributed by atoms with Crippen molar-refractivity contribution in [2.45, 2.75) is 30.4 Å². The third-order valence-corrected chi connectivity index (χ3v) is 5.28. The monoisotopic (exact) mass is 263 g/mol. The zero-order valence-electron chi connectivity index (χ0n) is 9.22. The maximum Gasteiger partial charge on any atom is 0.282 e. The van der Waals surface area contributed by atoms with E-state index in [2.05, 4.69) is 15.5 Å². The van der Waals surface area contributed by atoms with Crippen LogP contribution in [0.25, 0.3) is 0 Å². The lowest BCUT2D eigenvalue weighted by molar-refractivity contribution is 0.0954. The largest absolute Gasteiger partial charge is 0.350 e. The Morgan fingerprint density at radius 1 is 1.44 bits per heavy atom. The van der Waals surface area contributed by atoms with Crippen molar-refractivity contribution < 1.29 is 13.2 Å². The quantitative estimate of drug-likeness (QED) is 0.853. The number of aromatic nitrogens is 2. The summed E-state index contributed by atoms with van der Waals surface area (Å²) in [6, 6.07) is 0. The van der Waals surface area contributed by atoms with E-state index in [1.54, 1.807) is 20.8 Å². The molecule has 0 spiro atoms. The van der Waals surface area contributed by atoms with Crippen LogP contribution in [-0.4, -0.2) is 36.3 Å². The third kappa shape index (κ3) is 2.56. The fourth-order valence-electron chi connectivity index (χ4n) is 0.854. The number of rotatable bonds is 4. The molecule has 1 amide bonds. The molecule has 0 aliphatic rings. The van der Waals surface area contributed by atoms with Crippen LogP contribution < -0.4 is 5.32 Å². The molecule has 1 aromatic rings. The molecular weight excluding hydrogens is 250 g/mol. The zero-order chi connectivity index (χ0) is 12.3. The van der Waals surface area contributed by atoms with E-state index in [-0.39, 0.29) is 9.35 Å². The lowest BCUT2D eigenvalue weighted by Gasteiger charge is -2.01. The SMILES string of the molecule is CCNC(=O)c1nnc(S(=O)(=O)C(C)C)s1. The van der Waals surface area contributed by atoms with E-state index in [1.165, 1.54) is 0 Å². The summed E-state index contributed by atoms with van der Waals surface area (Å²) in [7, 11) is -3.44. The number of amides is 1. The molecule has 0 saturated carbocycles. The van der Waals surface area contributed by atoms with Gasteiger partial charge in [0.1, 0.15) is 0 Å². The maximum absolute atomic E-state index is 11.7. The van der Waals surface area contributed by atoms with Crippen molar-refractivity contribution in [1.82, 2.24) is 15.5 Å². The Morgan fingerprint density at radius 2 is 2.06 bits per heavy atom. The number of hydrogen-bond acceptors (Lipinski definition) is 6. The summed E-state index contributed by atoms with van der Waals surface area (Å²) in [4.78, 5) is 11.4. The molecule has 1 heterocycles. The summed E-state index contributed by atoms with van der Waals surface area (Å²) in [5, 5.41) is 9.13. The standard InChI is InChI=1S/C8H13N3O3S2/c1-4-9-6(12)7-10-11-8(15-7)16(13,14)5(2)3/h5H,4H2,1-3H3,(H,9,12). The van der Waals surface area contributed by atoms with Gasteiger partial charge in [0, 0.05) is 6.54 Å². The molecule has 0 radical (unpaired) electrons. The van der Waals surface area contributed by atoms with Crippen LogP contribution in [0.3, 0.4) is 0 Å². The van der Waals surface area contributed by atoms with Gasteiger partial charge in [0.2, 0.25) is 19.2 Å². The van der Waals surface area contributed by atoms with Gasteiger partial charge >= 0.3 is 0 Å². The summed E-state index contributed by atoms with van der Waals surface area (Å²) in [6.07, 6.45) is 0. The fourth-order valence-corrected chi connectivity index (χ4v) is 3.18. The average molecular weight is 263 g/mol. The molecule has 0 fully saturated rings. The minimum atomic E-state index is -3.44. The normalized spacial score (nSPS) is 11.8. The van der Waals surface area contributed by atoms with E-state index in [4.69, 9.17) is 0 Å². The van der Waals surface area contributed by atoms with E-state index in [0.29, 0.717) is 6.54 Å². The molecular formula is C8H13N3O3S2. The molecule has 0 aliphatic heterocycles. The van der Waals surface area contributed by atoms with Gasteiger partial charge in [-0.05, 0) is 20.8 Å². The van der Waals surface area contributed by atoms with Crippen molar-refractivity contribution in [3.8, 4) is 0 Å². The van der Waals surface area contributed by atoms with Gasteiger partial charge in [0.15, 0.2) is 0 Å². The van der Waals surface area contributed by atoms with Crippen LogP contribution in [0.5, 0.6) is 0 Å². The highest BCUT2D eigenvalue weighted by Crippen LogP contribution is 2.19.